The van der Waals surface area contributed by atoms with Crippen molar-refractivity contribution in [2.45, 2.75) is 46.1 Å². The maximum Gasteiger partial charge on any atom is 0.341 e. The molecule has 1 N–H and O–H groups in total. The van der Waals surface area contributed by atoms with Gasteiger partial charge in [0.1, 0.15) is 5.00 Å². The molecule has 116 valence electrons. The number of carbonyl (C=O) groups is 1. The summed E-state index contributed by atoms with van der Waals surface area (Å²) in [4.78, 5) is 15.3. The van der Waals surface area contributed by atoms with E-state index in [2.05, 4.69) is 17.1 Å². The lowest BCUT2D eigenvalue weighted by Crippen LogP contribution is -2.44. The van der Waals surface area contributed by atoms with Crippen LogP contribution in [0, 0.1) is 13.8 Å². The van der Waals surface area contributed by atoms with Gasteiger partial charge in [-0.25, -0.2) is 4.79 Å². The van der Waals surface area contributed by atoms with E-state index in [0.717, 1.165) is 28.4 Å². The van der Waals surface area contributed by atoms with Crippen molar-refractivity contribution in [2.75, 3.05) is 19.0 Å². The molecule has 1 unspecified atom stereocenters. The van der Waals surface area contributed by atoms with E-state index in [9.17, 15) is 4.79 Å². The summed E-state index contributed by atoms with van der Waals surface area (Å²) in [5, 5.41) is 4.76. The number of anilines is 1. The molecule has 1 aliphatic heterocycles. The number of likely N-dealkylation sites (tertiary alicyclic amines) is 1. The van der Waals surface area contributed by atoms with E-state index >= 15 is 0 Å². The number of esters is 1. The maximum atomic E-state index is 12.0. The molecule has 2 rings (SSSR count). The minimum atomic E-state index is -0.311. The first-order chi connectivity index (χ1) is 9.95. The zero-order chi connectivity index (χ0) is 15.6. The van der Waals surface area contributed by atoms with Crippen LogP contribution in [0.4, 0.5) is 5.00 Å². The number of hydrogen-bond acceptors (Lipinski definition) is 4. The third-order valence-corrected chi connectivity index (χ3v) is 5.52. The van der Waals surface area contributed by atoms with Gasteiger partial charge in [-0.15, -0.1) is 11.3 Å². The predicted octanol–water partition coefficient (Wildman–Crippen LogP) is 3.72. The van der Waals surface area contributed by atoms with Gasteiger partial charge in [-0.2, -0.15) is 0 Å². The van der Waals surface area contributed by atoms with Crippen LogP contribution >= 0.6 is 23.6 Å². The zero-order valence-electron chi connectivity index (χ0n) is 13.0. The van der Waals surface area contributed by atoms with Crippen molar-refractivity contribution < 1.29 is 9.53 Å². The second kappa shape index (κ2) is 6.75. The van der Waals surface area contributed by atoms with Gasteiger partial charge in [0, 0.05) is 17.5 Å². The fourth-order valence-corrected chi connectivity index (χ4v) is 4.12. The molecule has 1 aromatic rings. The first kappa shape index (κ1) is 16.2. The van der Waals surface area contributed by atoms with Crippen molar-refractivity contribution >= 4 is 39.6 Å². The summed E-state index contributed by atoms with van der Waals surface area (Å²) in [7, 11) is 1.41. The highest BCUT2D eigenvalue weighted by Gasteiger charge is 2.24. The molecule has 0 aromatic carbocycles. The van der Waals surface area contributed by atoms with Crippen LogP contribution in [0.5, 0.6) is 0 Å². The summed E-state index contributed by atoms with van der Waals surface area (Å²) in [5.74, 6) is -0.311. The summed E-state index contributed by atoms with van der Waals surface area (Å²) < 4.78 is 4.89. The van der Waals surface area contributed by atoms with Crippen LogP contribution in [-0.4, -0.2) is 35.7 Å². The molecule has 21 heavy (non-hydrogen) atoms. The molecule has 1 fully saturated rings. The highest BCUT2D eigenvalue weighted by molar-refractivity contribution is 7.80. The molecule has 1 atom stereocenters. The highest BCUT2D eigenvalue weighted by atomic mass is 32.1. The van der Waals surface area contributed by atoms with E-state index in [0.29, 0.717) is 16.7 Å². The van der Waals surface area contributed by atoms with Crippen molar-refractivity contribution in [3.05, 3.63) is 16.0 Å². The monoisotopic (exact) mass is 326 g/mol. The topological polar surface area (TPSA) is 41.6 Å². The van der Waals surface area contributed by atoms with Gasteiger partial charge < -0.3 is 15.0 Å². The van der Waals surface area contributed by atoms with Crippen LogP contribution in [0.3, 0.4) is 0 Å². The van der Waals surface area contributed by atoms with Crippen LogP contribution in [0.25, 0.3) is 0 Å². The van der Waals surface area contributed by atoms with Gasteiger partial charge in [0.05, 0.1) is 12.7 Å². The lowest BCUT2D eigenvalue weighted by Gasteiger charge is -2.35. The molecular weight excluding hydrogens is 304 g/mol. The average molecular weight is 326 g/mol. The second-order valence-corrected chi connectivity index (χ2v) is 7.06. The number of thiocarbonyl (C=S) groups is 1. The van der Waals surface area contributed by atoms with Gasteiger partial charge >= 0.3 is 5.97 Å². The zero-order valence-corrected chi connectivity index (χ0v) is 14.6. The Morgan fingerprint density at radius 1 is 1.43 bits per heavy atom. The summed E-state index contributed by atoms with van der Waals surface area (Å²) in [6.07, 6.45) is 3.58. The van der Waals surface area contributed by atoms with Crippen molar-refractivity contribution in [1.82, 2.24) is 4.90 Å². The minimum absolute atomic E-state index is 0.311. The first-order valence-electron chi connectivity index (χ1n) is 7.21. The number of aryl methyl sites for hydroxylation is 1. The third-order valence-electron chi connectivity index (χ3n) is 4.06. The molecule has 1 aliphatic rings. The largest absolute Gasteiger partial charge is 0.465 e. The lowest BCUT2D eigenvalue weighted by atomic mass is 10.0. The maximum absolute atomic E-state index is 12.0. The van der Waals surface area contributed by atoms with Gasteiger partial charge in [0.2, 0.25) is 0 Å². The van der Waals surface area contributed by atoms with Gasteiger partial charge in [0.25, 0.3) is 0 Å². The molecule has 4 nitrogen and oxygen atoms in total. The molecular formula is C15H22N2O2S2. The Balaban J connectivity index is 2.21. The number of methoxy groups -OCH3 is 1. The SMILES string of the molecule is COC(=O)c1c(NC(=S)N2CCCCC2C)sc(C)c1C. The normalized spacial score (nSPS) is 18.5. The van der Waals surface area contributed by atoms with Crippen LogP contribution in [0.1, 0.15) is 47.0 Å². The van der Waals surface area contributed by atoms with E-state index in [1.54, 1.807) is 11.3 Å². The molecule has 0 saturated carbocycles. The quantitative estimate of drug-likeness (QED) is 0.662. The summed E-state index contributed by atoms with van der Waals surface area (Å²) in [5.41, 5.74) is 1.57. The first-order valence-corrected chi connectivity index (χ1v) is 8.44. The predicted molar refractivity (Wildman–Crippen MR) is 91.4 cm³/mol. The van der Waals surface area contributed by atoms with E-state index in [1.165, 1.54) is 20.0 Å². The Hall–Kier alpha value is -1.14. The Morgan fingerprint density at radius 2 is 2.14 bits per heavy atom. The fraction of sp³-hybridized carbons (Fsp3) is 0.600. The minimum Gasteiger partial charge on any atom is -0.465 e. The molecule has 0 amide bonds. The summed E-state index contributed by atoms with van der Waals surface area (Å²) in [6.45, 7) is 7.11. The Labute approximate surface area is 135 Å². The average Bonchev–Trinajstić information content (AvgIpc) is 2.73. The van der Waals surface area contributed by atoms with Crippen LogP contribution in [0.2, 0.25) is 0 Å². The molecule has 1 aromatic heterocycles. The standard InChI is InChI=1S/C15H22N2O2S2/c1-9-7-5-6-8-17(9)15(20)16-13-12(14(18)19-4)10(2)11(3)21-13/h9H,5-8H2,1-4H3,(H,16,20). The number of ether oxygens (including phenoxy) is 1. The molecule has 0 spiro atoms. The second-order valence-electron chi connectivity index (χ2n) is 5.45. The number of piperidine rings is 1. The van der Waals surface area contributed by atoms with Crippen LogP contribution in [-0.2, 0) is 4.74 Å². The van der Waals surface area contributed by atoms with E-state index in [1.807, 2.05) is 13.8 Å². The number of thiophene rings is 1. The number of nitrogens with one attached hydrogen (secondary N) is 1. The highest BCUT2D eigenvalue weighted by Crippen LogP contribution is 2.33. The Kier molecular flexibility index (Phi) is 5.22. The van der Waals surface area contributed by atoms with Crippen LogP contribution in [0.15, 0.2) is 0 Å². The number of hydrogen-bond donors (Lipinski definition) is 1. The van der Waals surface area contributed by atoms with Crippen molar-refractivity contribution in [1.29, 1.82) is 0 Å². The van der Waals surface area contributed by atoms with Crippen LogP contribution < -0.4 is 5.32 Å². The molecule has 0 radical (unpaired) electrons. The van der Waals surface area contributed by atoms with Gasteiger partial charge in [-0.3, -0.25) is 0 Å². The van der Waals surface area contributed by atoms with Gasteiger partial charge in [-0.05, 0) is 57.8 Å². The molecule has 2 heterocycles. The summed E-state index contributed by atoms with van der Waals surface area (Å²) >= 11 is 7.09. The third kappa shape index (κ3) is 3.37. The van der Waals surface area contributed by atoms with Gasteiger partial charge in [0.15, 0.2) is 5.11 Å². The van der Waals surface area contributed by atoms with Crippen molar-refractivity contribution in [3.8, 4) is 0 Å². The molecule has 0 bridgehead atoms. The Morgan fingerprint density at radius 3 is 2.76 bits per heavy atom. The van der Waals surface area contributed by atoms with Crippen molar-refractivity contribution in [3.63, 3.8) is 0 Å². The van der Waals surface area contributed by atoms with Gasteiger partial charge in [-0.1, -0.05) is 0 Å². The summed E-state index contributed by atoms with van der Waals surface area (Å²) in [6, 6.07) is 0.447. The van der Waals surface area contributed by atoms with Crippen molar-refractivity contribution in [2.24, 2.45) is 0 Å². The molecule has 0 aliphatic carbocycles. The fourth-order valence-electron chi connectivity index (χ4n) is 2.63. The van der Waals surface area contributed by atoms with E-state index in [-0.39, 0.29) is 5.97 Å². The number of carbonyl (C=O) groups excluding carboxylic acids is 1. The number of rotatable bonds is 2. The Bertz CT molecular complexity index is 554. The van der Waals surface area contributed by atoms with E-state index < -0.39 is 0 Å². The number of nitrogens with zero attached hydrogens (tertiary/aromatic N) is 1. The lowest BCUT2D eigenvalue weighted by molar-refractivity contribution is 0.0601. The van der Waals surface area contributed by atoms with E-state index in [4.69, 9.17) is 17.0 Å². The molecule has 1 saturated heterocycles. The molecule has 6 heteroatoms. The smallest absolute Gasteiger partial charge is 0.341 e.